The van der Waals surface area contributed by atoms with Crippen molar-refractivity contribution < 1.29 is 40.3 Å². The molecule has 0 aliphatic heterocycles. The Bertz CT molecular complexity index is 1680. The highest BCUT2D eigenvalue weighted by Crippen LogP contribution is 2.26. The molecule has 0 saturated carbocycles. The molecule has 1 atom stereocenters. The predicted molar refractivity (Wildman–Crippen MR) is 157 cm³/mol. The molecule has 0 spiro atoms. The minimum atomic E-state index is -1.35. The van der Waals surface area contributed by atoms with Crippen molar-refractivity contribution in [3.63, 3.8) is 0 Å². The van der Waals surface area contributed by atoms with Crippen LogP contribution in [0.15, 0.2) is 67.2 Å². The molecule has 0 aliphatic carbocycles. The summed E-state index contributed by atoms with van der Waals surface area (Å²) in [5, 5.41) is 0.370. The van der Waals surface area contributed by atoms with Gasteiger partial charge >= 0.3 is 0 Å². The minimum Gasteiger partial charge on any atom is -0.294 e. The Morgan fingerprint density at radius 3 is 1.72 bits per heavy atom. The first-order valence-electron chi connectivity index (χ1n) is 12.9. The van der Waals surface area contributed by atoms with Crippen molar-refractivity contribution in [1.29, 1.82) is 0 Å². The third-order valence-electron chi connectivity index (χ3n) is 6.15. The third kappa shape index (κ3) is 8.05. The van der Waals surface area contributed by atoms with Crippen LogP contribution in [0.5, 0.6) is 0 Å². The molecule has 0 N–H and O–H groups in total. The van der Waals surface area contributed by atoms with E-state index < -0.39 is 63.4 Å². The van der Waals surface area contributed by atoms with Gasteiger partial charge in [0.1, 0.15) is 5.82 Å². The summed E-state index contributed by atoms with van der Waals surface area (Å²) >= 11 is 0. The van der Waals surface area contributed by atoms with Crippen LogP contribution in [0.4, 0.5) is 30.7 Å². The van der Waals surface area contributed by atoms with Crippen molar-refractivity contribution in [2.24, 2.45) is 0 Å². The van der Waals surface area contributed by atoms with E-state index >= 15 is 0 Å². The SMILES string of the molecule is C=C(C(=O)c1cccc(F)c1F)c1ccc(C)c(F)c1F.CC.Cc1ccc(CC(=O)c2cccc(F)c2F)c(F)c1P. The molecule has 43 heavy (non-hydrogen) atoms. The van der Waals surface area contributed by atoms with E-state index in [0.717, 1.165) is 29.8 Å². The highest BCUT2D eigenvalue weighted by Gasteiger charge is 2.23. The number of benzene rings is 4. The van der Waals surface area contributed by atoms with E-state index in [1.165, 1.54) is 37.3 Å². The molecule has 0 bridgehead atoms. The van der Waals surface area contributed by atoms with Gasteiger partial charge in [-0.15, -0.1) is 9.24 Å². The number of Topliss-reactive ketones (excluding diaryl/α,β-unsaturated/α-hetero) is 2. The zero-order valence-corrected chi connectivity index (χ0v) is 24.9. The molecular weight excluding hydrogens is 592 g/mol. The summed E-state index contributed by atoms with van der Waals surface area (Å²) in [7, 11) is 2.27. The van der Waals surface area contributed by atoms with Crippen molar-refractivity contribution in [2.45, 2.75) is 34.1 Å². The monoisotopic (exact) mass is 620 g/mol. The normalized spacial score (nSPS) is 10.2. The highest BCUT2D eigenvalue weighted by atomic mass is 31.0. The number of halogens is 7. The summed E-state index contributed by atoms with van der Waals surface area (Å²) in [6.07, 6.45) is -0.312. The van der Waals surface area contributed by atoms with Crippen LogP contribution in [-0.4, -0.2) is 11.6 Å². The zero-order valence-electron chi connectivity index (χ0n) is 23.7. The Labute approximate surface area is 247 Å². The molecule has 10 heteroatoms. The first-order valence-corrected chi connectivity index (χ1v) is 13.5. The molecule has 2 nitrogen and oxygen atoms in total. The Morgan fingerprint density at radius 1 is 0.628 bits per heavy atom. The second-order valence-corrected chi connectivity index (χ2v) is 9.51. The highest BCUT2D eigenvalue weighted by molar-refractivity contribution is 7.27. The van der Waals surface area contributed by atoms with Crippen LogP contribution in [-0.2, 0) is 6.42 Å². The molecule has 0 radical (unpaired) electrons. The molecule has 0 aromatic heterocycles. The van der Waals surface area contributed by atoms with Crippen molar-refractivity contribution in [3.05, 3.63) is 141 Å². The molecular formula is C33H28F7O2P. The molecule has 0 fully saturated rings. The molecule has 4 aromatic rings. The molecule has 1 unspecified atom stereocenters. The smallest absolute Gasteiger partial charge is 0.196 e. The first-order chi connectivity index (χ1) is 20.3. The summed E-state index contributed by atoms with van der Waals surface area (Å²) in [4.78, 5) is 24.0. The summed E-state index contributed by atoms with van der Waals surface area (Å²) in [6.45, 7) is 10.5. The lowest BCUT2D eigenvalue weighted by Crippen LogP contribution is -2.13. The Kier molecular flexibility index (Phi) is 12.6. The number of hydrogen-bond acceptors (Lipinski definition) is 2. The minimum absolute atomic E-state index is 0.0634. The Hall–Kier alpha value is -4.10. The van der Waals surface area contributed by atoms with Gasteiger partial charge in [-0.3, -0.25) is 9.59 Å². The molecule has 226 valence electrons. The van der Waals surface area contributed by atoms with Gasteiger partial charge in [-0.05, 0) is 54.8 Å². The number of aryl methyl sites for hydroxylation is 2. The summed E-state index contributed by atoms with van der Waals surface area (Å²) in [5.74, 6) is -9.38. The first kappa shape index (κ1) is 35.1. The van der Waals surface area contributed by atoms with E-state index in [-0.39, 0.29) is 28.7 Å². The van der Waals surface area contributed by atoms with Crippen LogP contribution in [0.2, 0.25) is 0 Å². The quantitative estimate of drug-likeness (QED) is 0.0935. The molecule has 0 saturated heterocycles. The maximum Gasteiger partial charge on any atom is 0.196 e. The average molecular weight is 621 g/mol. The van der Waals surface area contributed by atoms with Crippen molar-refractivity contribution in [2.75, 3.05) is 0 Å². The van der Waals surface area contributed by atoms with E-state index in [1.54, 1.807) is 13.0 Å². The van der Waals surface area contributed by atoms with Gasteiger partial charge in [0, 0.05) is 22.9 Å². The second kappa shape index (κ2) is 15.4. The molecule has 0 heterocycles. The third-order valence-corrected chi connectivity index (χ3v) is 6.86. The maximum absolute atomic E-state index is 14.0. The topological polar surface area (TPSA) is 34.1 Å². The second-order valence-electron chi connectivity index (χ2n) is 8.94. The fourth-order valence-corrected chi connectivity index (χ4v) is 3.98. The fourth-order valence-electron chi connectivity index (χ4n) is 3.70. The number of carbonyl (C=O) groups is 2. The van der Waals surface area contributed by atoms with Gasteiger partial charge in [-0.1, -0.05) is 56.8 Å². The van der Waals surface area contributed by atoms with Crippen LogP contribution in [0.25, 0.3) is 5.57 Å². The maximum atomic E-state index is 14.0. The summed E-state index contributed by atoms with van der Waals surface area (Å²) in [5.41, 5.74) is -0.818. The number of ketones is 2. The van der Waals surface area contributed by atoms with Crippen molar-refractivity contribution in [1.82, 2.24) is 0 Å². The summed E-state index contributed by atoms with van der Waals surface area (Å²) < 4.78 is 94.5. The average Bonchev–Trinajstić information content (AvgIpc) is 2.99. The molecule has 0 amide bonds. The lowest BCUT2D eigenvalue weighted by Gasteiger charge is -2.09. The number of carbonyl (C=O) groups excluding carboxylic acids is 2. The lowest BCUT2D eigenvalue weighted by atomic mass is 9.96. The number of rotatable bonds is 6. The van der Waals surface area contributed by atoms with E-state index in [1.807, 2.05) is 13.8 Å². The van der Waals surface area contributed by atoms with Gasteiger partial charge in [0.2, 0.25) is 0 Å². The molecule has 0 aliphatic rings. The van der Waals surface area contributed by atoms with Crippen LogP contribution < -0.4 is 5.30 Å². The van der Waals surface area contributed by atoms with Crippen LogP contribution >= 0.6 is 9.24 Å². The van der Waals surface area contributed by atoms with Crippen LogP contribution in [0, 0.1) is 54.6 Å². The standard InChI is InChI=1S/C16H10F4O.C15H12F3OP.C2H6/c1-8-6-7-10(15(20)13(8)18)9(2)16(21)11-4-3-5-12(17)14(11)19;1-8-5-6-9(13(17)15(8)20)7-12(19)10-3-2-4-11(16)14(10)18;1-2/h3-7H,2H2,1H3;2-6H,7,20H2,1H3;1-2H3. The van der Waals surface area contributed by atoms with E-state index in [9.17, 15) is 40.3 Å². The van der Waals surface area contributed by atoms with Crippen LogP contribution in [0.3, 0.4) is 0 Å². The van der Waals surface area contributed by atoms with Gasteiger partial charge < -0.3 is 0 Å². The zero-order chi connectivity index (χ0) is 32.6. The molecule has 4 aromatic carbocycles. The van der Waals surface area contributed by atoms with Crippen molar-refractivity contribution >= 4 is 31.7 Å². The van der Waals surface area contributed by atoms with Gasteiger partial charge in [-0.2, -0.15) is 0 Å². The van der Waals surface area contributed by atoms with E-state index in [4.69, 9.17) is 0 Å². The lowest BCUT2D eigenvalue weighted by molar-refractivity contribution is 0.0986. The fraction of sp³-hybridized carbons (Fsp3) is 0.152. The number of hydrogen-bond donors (Lipinski definition) is 0. The Morgan fingerprint density at radius 2 is 1.14 bits per heavy atom. The van der Waals surface area contributed by atoms with Gasteiger partial charge in [0.15, 0.2) is 46.5 Å². The van der Waals surface area contributed by atoms with Gasteiger partial charge in [0.05, 0.1) is 11.1 Å². The predicted octanol–water partition coefficient (Wildman–Crippen LogP) is 8.81. The van der Waals surface area contributed by atoms with Crippen molar-refractivity contribution in [3.8, 4) is 0 Å². The molecule has 4 rings (SSSR count). The summed E-state index contributed by atoms with van der Waals surface area (Å²) in [6, 6.07) is 12.0. The Balaban J connectivity index is 0.000000284. The largest absolute Gasteiger partial charge is 0.294 e. The number of allylic oxidation sites excluding steroid dienone is 1. The van der Waals surface area contributed by atoms with Crippen LogP contribution in [0.1, 0.15) is 56.8 Å². The van der Waals surface area contributed by atoms with Gasteiger partial charge in [0.25, 0.3) is 0 Å². The van der Waals surface area contributed by atoms with E-state index in [0.29, 0.717) is 5.30 Å². The van der Waals surface area contributed by atoms with E-state index in [2.05, 4.69) is 15.8 Å². The van der Waals surface area contributed by atoms with Gasteiger partial charge in [-0.25, -0.2) is 30.7 Å².